The van der Waals surface area contributed by atoms with E-state index < -0.39 is 0 Å². The first kappa shape index (κ1) is 19.6. The van der Waals surface area contributed by atoms with Crippen molar-refractivity contribution in [3.05, 3.63) is 46.0 Å². The van der Waals surface area contributed by atoms with Crippen molar-refractivity contribution in [2.75, 3.05) is 26.2 Å². The Morgan fingerprint density at radius 3 is 2.93 bits per heavy atom. The fourth-order valence-corrected chi connectivity index (χ4v) is 4.19. The molecule has 0 saturated carbocycles. The SMILES string of the molecule is Cc1ccc2ncc(C(=O)N3CCCC(CNC(=O)C4CCCN4)C3)c(=O)n2c1. The van der Waals surface area contributed by atoms with Crippen LogP contribution >= 0.6 is 0 Å². The summed E-state index contributed by atoms with van der Waals surface area (Å²) >= 11 is 0. The smallest absolute Gasteiger partial charge is 0.270 e. The lowest BCUT2D eigenvalue weighted by Gasteiger charge is -2.33. The summed E-state index contributed by atoms with van der Waals surface area (Å²) in [6.07, 6.45) is 6.80. The molecule has 2 fully saturated rings. The fourth-order valence-electron chi connectivity index (χ4n) is 4.19. The van der Waals surface area contributed by atoms with Gasteiger partial charge in [-0.1, -0.05) is 6.07 Å². The van der Waals surface area contributed by atoms with Crippen molar-refractivity contribution in [1.29, 1.82) is 0 Å². The Morgan fingerprint density at radius 2 is 2.14 bits per heavy atom. The predicted octanol–water partition coefficient (Wildman–Crippen LogP) is 0.723. The van der Waals surface area contributed by atoms with Gasteiger partial charge < -0.3 is 15.5 Å². The first-order valence-corrected chi connectivity index (χ1v) is 10.3. The molecule has 2 aliphatic rings. The molecule has 2 amide bonds. The maximum atomic E-state index is 13.0. The van der Waals surface area contributed by atoms with Gasteiger partial charge in [-0.3, -0.25) is 18.8 Å². The Balaban J connectivity index is 1.43. The lowest BCUT2D eigenvalue weighted by molar-refractivity contribution is -0.123. The Labute approximate surface area is 169 Å². The summed E-state index contributed by atoms with van der Waals surface area (Å²) in [4.78, 5) is 44.0. The molecule has 4 rings (SSSR count). The number of carbonyl (C=O) groups is 2. The van der Waals surface area contributed by atoms with E-state index >= 15 is 0 Å². The lowest BCUT2D eigenvalue weighted by Crippen LogP contribution is -2.47. The number of carbonyl (C=O) groups excluding carboxylic acids is 2. The molecular weight excluding hydrogens is 370 g/mol. The van der Waals surface area contributed by atoms with Crippen molar-refractivity contribution >= 4 is 17.5 Å². The molecule has 0 radical (unpaired) electrons. The lowest BCUT2D eigenvalue weighted by atomic mass is 9.97. The van der Waals surface area contributed by atoms with Crippen LogP contribution in [0.5, 0.6) is 0 Å². The number of nitrogens with zero attached hydrogens (tertiary/aromatic N) is 3. The zero-order valence-corrected chi connectivity index (χ0v) is 16.7. The van der Waals surface area contributed by atoms with E-state index in [2.05, 4.69) is 15.6 Å². The van der Waals surface area contributed by atoms with E-state index in [4.69, 9.17) is 0 Å². The van der Waals surface area contributed by atoms with Crippen molar-refractivity contribution in [3.8, 4) is 0 Å². The summed E-state index contributed by atoms with van der Waals surface area (Å²) in [5, 5.41) is 6.21. The van der Waals surface area contributed by atoms with Crippen LogP contribution < -0.4 is 16.2 Å². The number of hydrogen-bond donors (Lipinski definition) is 2. The summed E-state index contributed by atoms with van der Waals surface area (Å²) < 4.78 is 1.43. The third-order valence-electron chi connectivity index (χ3n) is 5.83. The standard InChI is InChI=1S/C21H27N5O3/c1-14-6-7-18-23-11-16(21(29)26(18)12-14)20(28)25-9-3-4-15(13-25)10-24-19(27)17-5-2-8-22-17/h6-7,11-12,15,17,22H,2-5,8-10,13H2,1H3,(H,24,27). The summed E-state index contributed by atoms with van der Waals surface area (Å²) in [5.41, 5.74) is 1.20. The summed E-state index contributed by atoms with van der Waals surface area (Å²) in [6, 6.07) is 3.56. The highest BCUT2D eigenvalue weighted by Crippen LogP contribution is 2.18. The van der Waals surface area contributed by atoms with E-state index in [0.717, 1.165) is 37.8 Å². The van der Waals surface area contributed by atoms with Crippen LogP contribution in [0, 0.1) is 12.8 Å². The van der Waals surface area contributed by atoms with Crippen LogP contribution in [0.15, 0.2) is 29.3 Å². The van der Waals surface area contributed by atoms with Gasteiger partial charge in [-0.15, -0.1) is 0 Å². The summed E-state index contributed by atoms with van der Waals surface area (Å²) in [6.45, 7) is 4.48. The number of pyridine rings is 1. The molecule has 8 heteroatoms. The van der Waals surface area contributed by atoms with Crippen LogP contribution in [-0.2, 0) is 4.79 Å². The number of fused-ring (bicyclic) bond motifs is 1. The molecule has 154 valence electrons. The predicted molar refractivity (Wildman–Crippen MR) is 109 cm³/mol. The maximum Gasteiger partial charge on any atom is 0.270 e. The molecule has 0 aliphatic carbocycles. The number of rotatable bonds is 4. The molecule has 0 aromatic carbocycles. The minimum Gasteiger partial charge on any atom is -0.354 e. The molecular formula is C21H27N5O3. The summed E-state index contributed by atoms with van der Waals surface area (Å²) in [7, 11) is 0. The molecule has 2 aromatic rings. The molecule has 2 aromatic heterocycles. The molecule has 2 atom stereocenters. The van der Waals surface area contributed by atoms with Crippen LogP contribution in [0.3, 0.4) is 0 Å². The Bertz CT molecular complexity index is 980. The molecule has 2 saturated heterocycles. The van der Waals surface area contributed by atoms with Gasteiger partial charge in [0.25, 0.3) is 11.5 Å². The molecule has 2 N–H and O–H groups in total. The van der Waals surface area contributed by atoms with Crippen LogP contribution in [0.4, 0.5) is 0 Å². The Morgan fingerprint density at radius 1 is 1.28 bits per heavy atom. The molecule has 2 aliphatic heterocycles. The number of aromatic nitrogens is 2. The summed E-state index contributed by atoms with van der Waals surface area (Å²) in [5.74, 6) is -0.0540. The van der Waals surface area contributed by atoms with E-state index in [0.29, 0.717) is 25.3 Å². The number of amides is 2. The van der Waals surface area contributed by atoms with Crippen LogP contribution in [0.25, 0.3) is 5.65 Å². The molecule has 29 heavy (non-hydrogen) atoms. The maximum absolute atomic E-state index is 13.0. The zero-order valence-electron chi connectivity index (χ0n) is 16.7. The average Bonchev–Trinajstić information content (AvgIpc) is 3.27. The van der Waals surface area contributed by atoms with Crippen molar-refractivity contribution in [1.82, 2.24) is 24.9 Å². The van der Waals surface area contributed by atoms with Gasteiger partial charge in [-0.25, -0.2) is 4.98 Å². The van der Waals surface area contributed by atoms with Crippen molar-refractivity contribution in [3.63, 3.8) is 0 Å². The van der Waals surface area contributed by atoms with Gasteiger partial charge >= 0.3 is 0 Å². The van der Waals surface area contributed by atoms with Gasteiger partial charge in [0.1, 0.15) is 11.2 Å². The van der Waals surface area contributed by atoms with Gasteiger partial charge in [0.05, 0.1) is 6.04 Å². The largest absolute Gasteiger partial charge is 0.354 e. The van der Waals surface area contributed by atoms with Gasteiger partial charge in [0, 0.05) is 32.0 Å². The number of hydrogen-bond acceptors (Lipinski definition) is 5. The van der Waals surface area contributed by atoms with E-state index in [1.54, 1.807) is 17.2 Å². The molecule has 8 nitrogen and oxygen atoms in total. The minimum absolute atomic E-state index is 0.0401. The van der Waals surface area contributed by atoms with Crippen LogP contribution in [0.1, 0.15) is 41.6 Å². The van der Waals surface area contributed by atoms with E-state index in [-0.39, 0.29) is 34.9 Å². The zero-order chi connectivity index (χ0) is 20.4. The van der Waals surface area contributed by atoms with E-state index in [1.807, 2.05) is 13.0 Å². The van der Waals surface area contributed by atoms with Gasteiger partial charge in [-0.2, -0.15) is 0 Å². The number of piperidine rings is 1. The van der Waals surface area contributed by atoms with Gasteiger partial charge in [0.2, 0.25) is 5.91 Å². The van der Waals surface area contributed by atoms with Crippen LogP contribution in [-0.4, -0.2) is 58.3 Å². The third-order valence-corrected chi connectivity index (χ3v) is 5.83. The second-order valence-electron chi connectivity index (χ2n) is 8.07. The van der Waals surface area contributed by atoms with Crippen molar-refractivity contribution < 1.29 is 9.59 Å². The number of aryl methyl sites for hydroxylation is 1. The second-order valence-corrected chi connectivity index (χ2v) is 8.07. The minimum atomic E-state index is -0.341. The highest BCUT2D eigenvalue weighted by atomic mass is 16.2. The number of likely N-dealkylation sites (tertiary alicyclic amines) is 1. The van der Waals surface area contributed by atoms with E-state index in [9.17, 15) is 14.4 Å². The highest BCUT2D eigenvalue weighted by molar-refractivity contribution is 5.93. The van der Waals surface area contributed by atoms with Gasteiger partial charge in [-0.05, 0) is 56.7 Å². The Kier molecular flexibility index (Phi) is 5.62. The van der Waals surface area contributed by atoms with Gasteiger partial charge in [0.15, 0.2) is 0 Å². The highest BCUT2D eigenvalue weighted by Gasteiger charge is 2.28. The first-order valence-electron chi connectivity index (χ1n) is 10.3. The topological polar surface area (TPSA) is 95.8 Å². The molecule has 0 bridgehead atoms. The first-order chi connectivity index (χ1) is 14.0. The molecule has 4 heterocycles. The normalized spacial score (nSPS) is 22.0. The third kappa shape index (κ3) is 4.17. The Hall–Kier alpha value is -2.74. The average molecular weight is 397 g/mol. The van der Waals surface area contributed by atoms with Crippen LogP contribution in [0.2, 0.25) is 0 Å². The molecule has 0 spiro atoms. The second kappa shape index (κ2) is 8.32. The van der Waals surface area contributed by atoms with Crippen molar-refractivity contribution in [2.24, 2.45) is 5.92 Å². The molecule has 2 unspecified atom stereocenters. The van der Waals surface area contributed by atoms with Crippen molar-refractivity contribution in [2.45, 2.75) is 38.6 Å². The van der Waals surface area contributed by atoms with E-state index in [1.165, 1.54) is 10.6 Å². The number of nitrogens with one attached hydrogen (secondary N) is 2. The fraction of sp³-hybridized carbons (Fsp3) is 0.524. The monoisotopic (exact) mass is 397 g/mol. The quantitative estimate of drug-likeness (QED) is 0.793.